The Morgan fingerprint density at radius 3 is 2.62 bits per heavy atom. The molecule has 3 N–H and O–H groups in total. The third kappa shape index (κ3) is 3.78. The Morgan fingerprint density at radius 2 is 1.88 bits per heavy atom. The van der Waals surface area contributed by atoms with Crippen molar-refractivity contribution in [3.8, 4) is 5.75 Å². The fraction of sp³-hybridized carbons (Fsp3) is 0.360. The van der Waals surface area contributed by atoms with Gasteiger partial charge in [-0.05, 0) is 61.1 Å². The van der Waals surface area contributed by atoms with Gasteiger partial charge in [0.25, 0.3) is 5.91 Å². The summed E-state index contributed by atoms with van der Waals surface area (Å²) in [6.07, 6.45) is 4.91. The van der Waals surface area contributed by atoms with Gasteiger partial charge in [-0.3, -0.25) is 14.8 Å². The largest absolute Gasteiger partial charge is 0.489 e. The standard InChI is InChI=1S/C25H26N2O5/c28-23(26-21-15-25(11-3-12-32-25)14-20(21)24(29)27-30)17-8-6-16(7-9-17)18-10-13-31-22-5-2-1-4-19(18)22/h1-2,4-10,20-21,30H,3,11-15H2,(H,26,28)(H,27,29)/t20-,21+,25+/m0/s1. The van der Waals surface area contributed by atoms with Gasteiger partial charge < -0.3 is 14.8 Å². The van der Waals surface area contributed by atoms with Crippen LogP contribution in [0.4, 0.5) is 0 Å². The van der Waals surface area contributed by atoms with Crippen LogP contribution in [0.2, 0.25) is 0 Å². The van der Waals surface area contributed by atoms with E-state index in [2.05, 4.69) is 5.32 Å². The molecule has 3 aliphatic rings. The lowest BCUT2D eigenvalue weighted by atomic mass is 9.94. The van der Waals surface area contributed by atoms with E-state index in [-0.39, 0.29) is 11.5 Å². The summed E-state index contributed by atoms with van der Waals surface area (Å²) in [5.41, 5.74) is 4.99. The molecule has 2 heterocycles. The molecule has 7 nitrogen and oxygen atoms in total. The predicted molar refractivity (Wildman–Crippen MR) is 117 cm³/mol. The molecular weight excluding hydrogens is 408 g/mol. The van der Waals surface area contributed by atoms with Gasteiger partial charge in [0.1, 0.15) is 12.4 Å². The van der Waals surface area contributed by atoms with Crippen LogP contribution in [-0.2, 0) is 9.53 Å². The number of hydrogen-bond acceptors (Lipinski definition) is 5. The van der Waals surface area contributed by atoms with Crippen LogP contribution in [0.1, 0.15) is 47.2 Å². The van der Waals surface area contributed by atoms with Gasteiger partial charge in [0.15, 0.2) is 0 Å². The molecular formula is C25H26N2O5. The number of fused-ring (bicyclic) bond motifs is 1. The fourth-order valence-corrected chi connectivity index (χ4v) is 5.22. The number of benzene rings is 2. The maximum Gasteiger partial charge on any atom is 0.251 e. The number of para-hydroxylation sites is 1. The number of carbonyl (C=O) groups is 2. The van der Waals surface area contributed by atoms with Crippen LogP contribution >= 0.6 is 0 Å². The van der Waals surface area contributed by atoms with Gasteiger partial charge in [-0.1, -0.05) is 30.3 Å². The van der Waals surface area contributed by atoms with Crippen molar-refractivity contribution in [3.05, 3.63) is 71.3 Å². The highest BCUT2D eigenvalue weighted by Gasteiger charge is 2.51. The van der Waals surface area contributed by atoms with Gasteiger partial charge >= 0.3 is 0 Å². The van der Waals surface area contributed by atoms with E-state index in [9.17, 15) is 9.59 Å². The summed E-state index contributed by atoms with van der Waals surface area (Å²) in [7, 11) is 0. The van der Waals surface area contributed by atoms with Crippen LogP contribution in [0, 0.1) is 5.92 Å². The summed E-state index contributed by atoms with van der Waals surface area (Å²) < 4.78 is 11.6. The highest BCUT2D eigenvalue weighted by Crippen LogP contribution is 2.44. The third-order valence-corrected chi connectivity index (χ3v) is 6.78. The van der Waals surface area contributed by atoms with E-state index >= 15 is 0 Å². The molecule has 2 aromatic carbocycles. The minimum atomic E-state index is -0.523. The molecule has 0 unspecified atom stereocenters. The van der Waals surface area contributed by atoms with Gasteiger partial charge in [-0.2, -0.15) is 0 Å². The van der Waals surface area contributed by atoms with Crippen molar-refractivity contribution in [1.29, 1.82) is 0 Å². The van der Waals surface area contributed by atoms with Crippen molar-refractivity contribution in [2.75, 3.05) is 13.2 Å². The highest BCUT2D eigenvalue weighted by atomic mass is 16.5. The van der Waals surface area contributed by atoms with Crippen molar-refractivity contribution in [1.82, 2.24) is 10.8 Å². The molecule has 3 atom stereocenters. The lowest BCUT2D eigenvalue weighted by Crippen LogP contribution is -2.43. The number of carbonyl (C=O) groups excluding carboxylic acids is 2. The van der Waals surface area contributed by atoms with E-state index < -0.39 is 17.9 Å². The Labute approximate surface area is 186 Å². The first-order valence-corrected chi connectivity index (χ1v) is 11.0. The molecule has 2 fully saturated rings. The predicted octanol–water partition coefficient (Wildman–Crippen LogP) is 3.07. The molecule has 2 aliphatic heterocycles. The van der Waals surface area contributed by atoms with Crippen molar-refractivity contribution >= 4 is 17.4 Å². The van der Waals surface area contributed by atoms with Gasteiger partial charge in [0.05, 0.1) is 11.5 Å². The fourth-order valence-electron chi connectivity index (χ4n) is 5.22. The van der Waals surface area contributed by atoms with Crippen LogP contribution in [0.25, 0.3) is 5.57 Å². The quantitative estimate of drug-likeness (QED) is 0.508. The summed E-state index contributed by atoms with van der Waals surface area (Å²) in [4.78, 5) is 25.2. The summed E-state index contributed by atoms with van der Waals surface area (Å²) in [5, 5.41) is 12.2. The topological polar surface area (TPSA) is 96.9 Å². The number of ether oxygens (including phenoxy) is 2. The molecule has 32 heavy (non-hydrogen) atoms. The minimum absolute atomic E-state index is 0.242. The molecule has 0 aromatic heterocycles. The third-order valence-electron chi connectivity index (χ3n) is 6.78. The second-order valence-electron chi connectivity index (χ2n) is 8.71. The number of rotatable bonds is 4. The van der Waals surface area contributed by atoms with Crippen LogP contribution in [0.5, 0.6) is 5.75 Å². The van der Waals surface area contributed by atoms with Gasteiger partial charge in [-0.25, -0.2) is 5.48 Å². The summed E-state index contributed by atoms with van der Waals surface area (Å²) in [5.74, 6) is -0.397. The number of hydroxylamine groups is 1. The Hall–Kier alpha value is -3.16. The number of nitrogens with one attached hydrogen (secondary N) is 2. The maximum absolute atomic E-state index is 13.0. The molecule has 1 spiro atoms. The van der Waals surface area contributed by atoms with Crippen LogP contribution in [-0.4, -0.2) is 41.9 Å². The lowest BCUT2D eigenvalue weighted by Gasteiger charge is -2.22. The first-order chi connectivity index (χ1) is 15.6. The van der Waals surface area contributed by atoms with Crippen LogP contribution in [0.15, 0.2) is 54.6 Å². The zero-order valence-electron chi connectivity index (χ0n) is 17.7. The monoisotopic (exact) mass is 434 g/mol. The SMILES string of the molecule is O=C(N[C@@H]1C[C@@]2(CCCO2)C[C@@H]1C(=O)NO)c1ccc(C2=CCOc3ccccc32)cc1. The lowest BCUT2D eigenvalue weighted by molar-refractivity contribution is -0.134. The van der Waals surface area contributed by atoms with Crippen LogP contribution in [0.3, 0.4) is 0 Å². The Kier molecular flexibility index (Phi) is 5.45. The molecule has 2 aromatic rings. The second kappa shape index (κ2) is 8.41. The summed E-state index contributed by atoms with van der Waals surface area (Å²) >= 11 is 0. The molecule has 1 saturated carbocycles. The number of amides is 2. The maximum atomic E-state index is 13.0. The molecule has 5 rings (SSSR count). The first-order valence-electron chi connectivity index (χ1n) is 11.0. The minimum Gasteiger partial charge on any atom is -0.489 e. The number of hydrogen-bond donors (Lipinski definition) is 3. The molecule has 7 heteroatoms. The zero-order chi connectivity index (χ0) is 22.1. The molecule has 0 bridgehead atoms. The van der Waals surface area contributed by atoms with Crippen molar-refractivity contribution < 1.29 is 24.3 Å². The molecule has 166 valence electrons. The molecule has 1 aliphatic carbocycles. The van der Waals surface area contributed by atoms with E-state index in [4.69, 9.17) is 14.7 Å². The first kappa shape index (κ1) is 20.7. The van der Waals surface area contributed by atoms with E-state index in [0.717, 1.165) is 35.3 Å². The van der Waals surface area contributed by atoms with Crippen molar-refractivity contribution in [2.24, 2.45) is 5.92 Å². The summed E-state index contributed by atoms with van der Waals surface area (Å²) in [6, 6.07) is 14.9. The van der Waals surface area contributed by atoms with E-state index in [1.165, 1.54) is 0 Å². The van der Waals surface area contributed by atoms with E-state index in [1.54, 1.807) is 17.6 Å². The normalized spacial score (nSPS) is 26.2. The Morgan fingerprint density at radius 1 is 1.06 bits per heavy atom. The van der Waals surface area contributed by atoms with E-state index in [0.29, 0.717) is 31.6 Å². The van der Waals surface area contributed by atoms with Gasteiger partial charge in [0, 0.05) is 23.8 Å². The smallest absolute Gasteiger partial charge is 0.251 e. The zero-order valence-corrected chi connectivity index (χ0v) is 17.7. The highest BCUT2D eigenvalue weighted by molar-refractivity contribution is 5.95. The second-order valence-corrected chi connectivity index (χ2v) is 8.71. The average molecular weight is 434 g/mol. The molecule has 2 amide bonds. The average Bonchev–Trinajstić information content (AvgIpc) is 3.44. The Bertz CT molecular complexity index is 1060. The van der Waals surface area contributed by atoms with Gasteiger partial charge in [-0.15, -0.1) is 0 Å². The molecule has 1 saturated heterocycles. The van der Waals surface area contributed by atoms with Crippen molar-refractivity contribution in [2.45, 2.75) is 37.3 Å². The van der Waals surface area contributed by atoms with E-state index in [1.807, 2.05) is 42.5 Å². The van der Waals surface area contributed by atoms with Crippen LogP contribution < -0.4 is 15.5 Å². The molecule has 0 radical (unpaired) electrons. The van der Waals surface area contributed by atoms with Crippen molar-refractivity contribution in [3.63, 3.8) is 0 Å². The summed E-state index contributed by atoms with van der Waals surface area (Å²) in [6.45, 7) is 1.17. The van der Waals surface area contributed by atoms with Gasteiger partial charge in [0.2, 0.25) is 5.91 Å². The Balaban J connectivity index is 1.32.